The molecular weight excluding hydrogens is 280 g/mol. The van der Waals surface area contributed by atoms with Crippen LogP contribution >= 0.6 is 0 Å². The Balaban J connectivity index is 2.08. The summed E-state index contributed by atoms with van der Waals surface area (Å²) in [5.41, 5.74) is 7.18. The highest BCUT2D eigenvalue weighted by atomic mass is 15.2. The fraction of sp³-hybridized carbons (Fsp3) is 0.524. The van der Waals surface area contributed by atoms with Crippen molar-refractivity contribution in [2.24, 2.45) is 0 Å². The quantitative estimate of drug-likeness (QED) is 0.771. The van der Waals surface area contributed by atoms with Gasteiger partial charge in [-0.15, -0.1) is 0 Å². The lowest BCUT2D eigenvalue weighted by Gasteiger charge is -2.32. The van der Waals surface area contributed by atoms with Crippen LogP contribution in [0.4, 0.5) is 0 Å². The van der Waals surface area contributed by atoms with Gasteiger partial charge in [-0.3, -0.25) is 4.90 Å². The summed E-state index contributed by atoms with van der Waals surface area (Å²) in [5, 5.41) is 0. The fourth-order valence-electron chi connectivity index (χ4n) is 3.88. The van der Waals surface area contributed by atoms with Crippen LogP contribution in [0.3, 0.4) is 0 Å². The van der Waals surface area contributed by atoms with Gasteiger partial charge in [0.15, 0.2) is 0 Å². The lowest BCUT2D eigenvalue weighted by molar-refractivity contribution is 0.225. The van der Waals surface area contributed by atoms with Gasteiger partial charge in [-0.2, -0.15) is 0 Å². The van der Waals surface area contributed by atoms with Crippen molar-refractivity contribution in [3.63, 3.8) is 0 Å². The minimum absolute atomic E-state index is 0.401. The van der Waals surface area contributed by atoms with Gasteiger partial charge in [0.2, 0.25) is 0 Å². The Hall–Kier alpha value is -1.54. The molecule has 1 aromatic carbocycles. The lowest BCUT2D eigenvalue weighted by Crippen LogP contribution is -2.31. The Kier molecular flexibility index (Phi) is 4.91. The molecule has 1 aromatic heterocycles. The van der Waals surface area contributed by atoms with Gasteiger partial charge in [-0.05, 0) is 74.5 Å². The molecule has 2 nitrogen and oxygen atoms in total. The molecule has 0 bridgehead atoms. The monoisotopic (exact) mass is 310 g/mol. The summed E-state index contributed by atoms with van der Waals surface area (Å²) in [7, 11) is 0. The molecule has 23 heavy (non-hydrogen) atoms. The summed E-state index contributed by atoms with van der Waals surface area (Å²) in [6.45, 7) is 12.6. The third kappa shape index (κ3) is 3.23. The molecule has 0 aliphatic carbocycles. The van der Waals surface area contributed by atoms with Crippen molar-refractivity contribution in [1.82, 2.24) is 9.47 Å². The average Bonchev–Trinajstić information content (AvgIpc) is 2.91. The first-order valence-electron chi connectivity index (χ1n) is 9.08. The molecule has 0 unspecified atom stereocenters. The van der Waals surface area contributed by atoms with Crippen LogP contribution in [0, 0.1) is 20.8 Å². The molecule has 2 aromatic rings. The molecule has 1 atom stereocenters. The molecule has 124 valence electrons. The number of fused-ring (bicyclic) bond motifs is 1. The number of unbranched alkanes of at least 4 members (excludes halogenated alkanes) is 1. The molecule has 0 amide bonds. The predicted molar refractivity (Wildman–Crippen MR) is 98.0 cm³/mol. The zero-order valence-corrected chi connectivity index (χ0v) is 15.1. The Morgan fingerprint density at radius 3 is 2.61 bits per heavy atom. The normalized spacial score (nSPS) is 18.7. The van der Waals surface area contributed by atoms with Gasteiger partial charge in [0.25, 0.3) is 0 Å². The average molecular weight is 310 g/mol. The van der Waals surface area contributed by atoms with Crippen molar-refractivity contribution in [1.29, 1.82) is 0 Å². The summed E-state index contributed by atoms with van der Waals surface area (Å²) in [6.07, 6.45) is 6.03. The maximum absolute atomic E-state index is 2.71. The van der Waals surface area contributed by atoms with Gasteiger partial charge >= 0.3 is 0 Å². The highest BCUT2D eigenvalue weighted by molar-refractivity contribution is 5.41. The highest BCUT2D eigenvalue weighted by Crippen LogP contribution is 2.34. The van der Waals surface area contributed by atoms with Crippen LogP contribution in [0.25, 0.3) is 0 Å². The van der Waals surface area contributed by atoms with Crippen LogP contribution < -0.4 is 0 Å². The van der Waals surface area contributed by atoms with Crippen LogP contribution in [0.5, 0.6) is 0 Å². The zero-order chi connectivity index (χ0) is 16.4. The summed E-state index contributed by atoms with van der Waals surface area (Å²) < 4.78 is 2.46. The van der Waals surface area contributed by atoms with Gasteiger partial charge in [0, 0.05) is 25.0 Å². The number of nitrogens with zero attached hydrogens (tertiary/aromatic N) is 2. The van der Waals surface area contributed by atoms with E-state index in [0.717, 1.165) is 6.54 Å². The van der Waals surface area contributed by atoms with Crippen molar-refractivity contribution in [3.05, 3.63) is 58.4 Å². The maximum Gasteiger partial charge on any atom is 0.0758 e. The van der Waals surface area contributed by atoms with Crippen LogP contribution in [0.2, 0.25) is 0 Å². The number of aromatic nitrogens is 1. The molecule has 0 radical (unpaired) electrons. The van der Waals surface area contributed by atoms with E-state index < -0.39 is 0 Å². The van der Waals surface area contributed by atoms with Crippen LogP contribution in [-0.4, -0.2) is 22.6 Å². The third-order valence-corrected chi connectivity index (χ3v) is 5.33. The highest BCUT2D eigenvalue weighted by Gasteiger charge is 2.28. The molecule has 0 fully saturated rings. The first-order valence-corrected chi connectivity index (χ1v) is 9.08. The second-order valence-corrected chi connectivity index (χ2v) is 7.07. The van der Waals surface area contributed by atoms with Crippen molar-refractivity contribution in [2.75, 3.05) is 13.1 Å². The third-order valence-electron chi connectivity index (χ3n) is 5.33. The SMILES string of the molecule is CCCCN1CCCn2cccc2[C@H]1c1cc(C)c(C)cc1C. The molecule has 2 heterocycles. The van der Waals surface area contributed by atoms with Crippen LogP contribution in [0.1, 0.15) is 60.2 Å². The molecule has 1 aliphatic heterocycles. The van der Waals surface area contributed by atoms with E-state index in [9.17, 15) is 0 Å². The summed E-state index contributed by atoms with van der Waals surface area (Å²) in [5.74, 6) is 0. The molecular formula is C21H30N2. The number of aryl methyl sites for hydroxylation is 4. The Bertz CT molecular complexity index is 668. The smallest absolute Gasteiger partial charge is 0.0758 e. The molecule has 0 N–H and O–H groups in total. The summed E-state index contributed by atoms with van der Waals surface area (Å²) in [4.78, 5) is 2.71. The van der Waals surface area contributed by atoms with Crippen molar-refractivity contribution in [2.45, 2.75) is 59.5 Å². The number of hydrogen-bond acceptors (Lipinski definition) is 1. The molecule has 3 rings (SSSR count). The molecule has 0 saturated heterocycles. The van der Waals surface area contributed by atoms with Crippen molar-refractivity contribution in [3.8, 4) is 0 Å². The topological polar surface area (TPSA) is 8.17 Å². The minimum Gasteiger partial charge on any atom is -0.350 e. The lowest BCUT2D eigenvalue weighted by atomic mass is 9.93. The van der Waals surface area contributed by atoms with Crippen LogP contribution in [0.15, 0.2) is 30.5 Å². The standard InChI is InChI=1S/C21H30N2/c1-5-6-10-23-13-8-12-22-11-7-9-20(22)21(23)19-15-17(3)16(2)14-18(19)4/h7,9,11,14-15,21H,5-6,8,10,12-13H2,1-4H3/t21-/m1/s1. The molecule has 0 spiro atoms. The Morgan fingerprint density at radius 2 is 1.83 bits per heavy atom. The second-order valence-electron chi connectivity index (χ2n) is 7.07. The van der Waals surface area contributed by atoms with Gasteiger partial charge < -0.3 is 4.57 Å². The fourth-order valence-corrected chi connectivity index (χ4v) is 3.88. The summed E-state index contributed by atoms with van der Waals surface area (Å²) >= 11 is 0. The van der Waals surface area contributed by atoms with E-state index in [1.165, 1.54) is 60.3 Å². The van der Waals surface area contributed by atoms with Crippen molar-refractivity contribution < 1.29 is 0 Å². The largest absolute Gasteiger partial charge is 0.350 e. The van der Waals surface area contributed by atoms with E-state index in [4.69, 9.17) is 0 Å². The van der Waals surface area contributed by atoms with Gasteiger partial charge in [-0.25, -0.2) is 0 Å². The molecule has 2 heteroatoms. The van der Waals surface area contributed by atoms with E-state index in [1.807, 2.05) is 0 Å². The number of benzene rings is 1. The van der Waals surface area contributed by atoms with E-state index >= 15 is 0 Å². The molecule has 0 saturated carbocycles. The summed E-state index contributed by atoms with van der Waals surface area (Å²) in [6, 6.07) is 9.72. The minimum atomic E-state index is 0.401. The van der Waals surface area contributed by atoms with E-state index in [-0.39, 0.29) is 0 Å². The van der Waals surface area contributed by atoms with Gasteiger partial charge in [0.05, 0.1) is 6.04 Å². The molecule has 1 aliphatic rings. The van der Waals surface area contributed by atoms with Crippen LogP contribution in [-0.2, 0) is 6.54 Å². The first-order chi connectivity index (χ1) is 11.1. The first kappa shape index (κ1) is 16.3. The van der Waals surface area contributed by atoms with E-state index in [1.54, 1.807) is 0 Å². The number of hydrogen-bond donors (Lipinski definition) is 0. The van der Waals surface area contributed by atoms with Gasteiger partial charge in [0.1, 0.15) is 0 Å². The van der Waals surface area contributed by atoms with E-state index in [0.29, 0.717) is 6.04 Å². The van der Waals surface area contributed by atoms with Gasteiger partial charge in [-0.1, -0.05) is 25.5 Å². The zero-order valence-electron chi connectivity index (χ0n) is 15.1. The maximum atomic E-state index is 2.71. The second kappa shape index (κ2) is 6.92. The van der Waals surface area contributed by atoms with Crippen molar-refractivity contribution >= 4 is 0 Å². The predicted octanol–water partition coefficient (Wildman–Crippen LogP) is 5.01. The Labute approximate surface area is 141 Å². The number of rotatable bonds is 4. The Morgan fingerprint density at radius 1 is 1.04 bits per heavy atom. The van der Waals surface area contributed by atoms with E-state index in [2.05, 4.69) is 67.6 Å².